The molecule has 0 aliphatic carbocycles. The van der Waals surface area contributed by atoms with E-state index in [1.54, 1.807) is 0 Å². The van der Waals surface area contributed by atoms with Crippen LogP contribution in [0, 0.1) is 0 Å². The van der Waals surface area contributed by atoms with Gasteiger partial charge in [0, 0.05) is 6.42 Å². The predicted octanol–water partition coefficient (Wildman–Crippen LogP) is 6.01. The minimum Gasteiger partial charge on any atom is -0.325 e. The molecule has 0 rings (SSSR count). The van der Waals surface area contributed by atoms with E-state index in [1.165, 1.54) is 51.0 Å². The first kappa shape index (κ1) is 25.9. The summed E-state index contributed by atoms with van der Waals surface area (Å²) in [6, 6.07) is 0. The Bertz CT molecular complexity index is 497. The molecule has 0 saturated carbocycles. The molecule has 0 heterocycles. The Morgan fingerprint density at radius 1 is 0.852 bits per heavy atom. The lowest BCUT2D eigenvalue weighted by atomic mass is 10.1. The van der Waals surface area contributed by atoms with Gasteiger partial charge in [0.2, 0.25) is 0 Å². The van der Waals surface area contributed by atoms with Crippen molar-refractivity contribution < 1.29 is 21.6 Å². The highest BCUT2D eigenvalue weighted by Gasteiger charge is 2.16. The van der Waals surface area contributed by atoms with Gasteiger partial charge < -0.3 is 4.18 Å². The molecule has 0 aromatic rings. The van der Waals surface area contributed by atoms with Gasteiger partial charge in [-0.3, -0.25) is 4.79 Å². The molecule has 0 saturated heterocycles. The zero-order valence-corrected chi connectivity index (χ0v) is 17.8. The highest BCUT2D eigenvalue weighted by molar-refractivity contribution is 7.82. The first-order valence-corrected chi connectivity index (χ1v) is 11.7. The minimum atomic E-state index is -4.24. The first-order valence-electron chi connectivity index (χ1n) is 10.4. The molecule has 0 bridgehead atoms. The van der Waals surface area contributed by atoms with Crippen LogP contribution in [0.4, 0.5) is 0 Å². The Hall–Kier alpha value is -1.14. The van der Waals surface area contributed by atoms with Gasteiger partial charge in [-0.25, -0.2) is 4.18 Å². The number of carbonyl (C=O) groups excluding carboxylic acids is 1. The maximum Gasteiger partial charge on any atom is 0.451 e. The number of hydrogen-bond donors (Lipinski definition) is 0. The Morgan fingerprint density at radius 3 is 1.93 bits per heavy atom. The summed E-state index contributed by atoms with van der Waals surface area (Å²) >= 11 is 0. The van der Waals surface area contributed by atoms with Gasteiger partial charge in [0.05, 0.1) is 6.61 Å². The van der Waals surface area contributed by atoms with Crippen molar-refractivity contribution in [2.75, 3.05) is 6.61 Å². The van der Waals surface area contributed by atoms with E-state index in [-0.39, 0.29) is 13.0 Å². The molecule has 0 aliphatic heterocycles. The van der Waals surface area contributed by atoms with Gasteiger partial charge in [-0.2, -0.15) is 8.42 Å². The predicted molar refractivity (Wildman–Crippen MR) is 111 cm³/mol. The van der Waals surface area contributed by atoms with Crippen LogP contribution in [0.25, 0.3) is 0 Å². The van der Waals surface area contributed by atoms with E-state index in [1.807, 2.05) is 0 Å². The quantitative estimate of drug-likeness (QED) is 0.195. The maximum absolute atomic E-state index is 11.4. The number of carbonyl (C=O) groups is 1. The molecule has 0 spiro atoms. The van der Waals surface area contributed by atoms with Crippen LogP contribution in [0.15, 0.2) is 24.8 Å². The minimum absolute atomic E-state index is 0.0921. The Kier molecular flexibility index (Phi) is 17.5. The summed E-state index contributed by atoms with van der Waals surface area (Å²) in [5.74, 6) is -0.767. The molecule has 0 N–H and O–H groups in total. The topological polar surface area (TPSA) is 69.7 Å². The summed E-state index contributed by atoms with van der Waals surface area (Å²) in [6.07, 6.45) is 21.1. The van der Waals surface area contributed by atoms with Crippen LogP contribution in [0.2, 0.25) is 0 Å². The Balaban J connectivity index is 3.43. The summed E-state index contributed by atoms with van der Waals surface area (Å²) in [6.45, 7) is 5.37. The summed E-state index contributed by atoms with van der Waals surface area (Å²) in [7, 11) is -4.24. The molecule has 5 nitrogen and oxygen atoms in total. The molecule has 0 radical (unpaired) electrons. The van der Waals surface area contributed by atoms with Crippen molar-refractivity contribution in [2.24, 2.45) is 0 Å². The molecule has 0 aromatic carbocycles. The van der Waals surface area contributed by atoms with Crippen LogP contribution in [0.5, 0.6) is 0 Å². The van der Waals surface area contributed by atoms with Gasteiger partial charge in [-0.1, -0.05) is 76.5 Å². The van der Waals surface area contributed by atoms with Crippen molar-refractivity contribution in [1.82, 2.24) is 0 Å². The zero-order chi connectivity index (χ0) is 20.2. The van der Waals surface area contributed by atoms with Crippen LogP contribution in [0.3, 0.4) is 0 Å². The first-order chi connectivity index (χ1) is 13.0. The van der Waals surface area contributed by atoms with E-state index in [0.29, 0.717) is 6.42 Å². The SMILES string of the molecule is C=CCOS(=O)(=O)OC(=O)CCCCCCCC=CCCCCCCCC. The number of hydrogen-bond acceptors (Lipinski definition) is 5. The average Bonchev–Trinajstić information content (AvgIpc) is 2.63. The van der Waals surface area contributed by atoms with Crippen LogP contribution < -0.4 is 0 Å². The second-order valence-corrected chi connectivity index (χ2v) is 7.99. The van der Waals surface area contributed by atoms with Crippen molar-refractivity contribution in [3.05, 3.63) is 24.8 Å². The lowest BCUT2D eigenvalue weighted by molar-refractivity contribution is -0.134. The molecule has 0 amide bonds. The fourth-order valence-corrected chi connectivity index (χ4v) is 3.27. The molecular formula is C21H38O5S. The molecule has 0 unspecified atom stereocenters. The molecule has 158 valence electrons. The van der Waals surface area contributed by atoms with Crippen molar-refractivity contribution in [3.8, 4) is 0 Å². The third-order valence-electron chi connectivity index (χ3n) is 4.17. The second kappa shape index (κ2) is 18.2. The van der Waals surface area contributed by atoms with Gasteiger partial charge in [-0.05, 0) is 32.1 Å². The van der Waals surface area contributed by atoms with E-state index in [0.717, 1.165) is 32.1 Å². The molecule has 0 atom stereocenters. The average molecular weight is 403 g/mol. The van der Waals surface area contributed by atoms with Crippen LogP contribution in [-0.4, -0.2) is 21.0 Å². The molecular weight excluding hydrogens is 364 g/mol. The van der Waals surface area contributed by atoms with E-state index < -0.39 is 16.4 Å². The highest BCUT2D eigenvalue weighted by atomic mass is 32.3. The fraction of sp³-hybridized carbons (Fsp3) is 0.762. The standard InChI is InChI=1S/C21H38O5S/c1-3-5-6-7-8-9-10-11-12-13-14-15-16-17-18-19-21(22)26-27(23,24)25-20-4-2/h4,11-12H,2-3,5-10,13-20H2,1H3. The normalized spacial score (nSPS) is 11.7. The summed E-state index contributed by atoms with van der Waals surface area (Å²) < 4.78 is 31.2. The Morgan fingerprint density at radius 2 is 1.37 bits per heavy atom. The summed E-state index contributed by atoms with van der Waals surface area (Å²) in [5.41, 5.74) is 0. The smallest absolute Gasteiger partial charge is 0.325 e. The van der Waals surface area contributed by atoms with Gasteiger partial charge in [0.1, 0.15) is 0 Å². The third-order valence-corrected chi connectivity index (χ3v) is 4.98. The van der Waals surface area contributed by atoms with E-state index >= 15 is 0 Å². The molecule has 27 heavy (non-hydrogen) atoms. The number of unbranched alkanes of at least 4 members (excludes halogenated alkanes) is 11. The highest BCUT2D eigenvalue weighted by Crippen LogP contribution is 2.11. The molecule has 0 aliphatic rings. The van der Waals surface area contributed by atoms with Crippen molar-refractivity contribution >= 4 is 16.4 Å². The molecule has 0 fully saturated rings. The van der Waals surface area contributed by atoms with E-state index in [9.17, 15) is 13.2 Å². The fourth-order valence-electron chi connectivity index (χ4n) is 2.65. The zero-order valence-electron chi connectivity index (χ0n) is 17.0. The van der Waals surface area contributed by atoms with Crippen molar-refractivity contribution in [1.29, 1.82) is 0 Å². The third kappa shape index (κ3) is 19.4. The lowest BCUT2D eigenvalue weighted by Crippen LogP contribution is -2.15. The number of rotatable bonds is 19. The van der Waals surface area contributed by atoms with E-state index in [4.69, 9.17) is 0 Å². The van der Waals surface area contributed by atoms with Gasteiger partial charge in [0.25, 0.3) is 0 Å². The van der Waals surface area contributed by atoms with Crippen LogP contribution in [0.1, 0.15) is 96.8 Å². The second-order valence-electron chi connectivity index (χ2n) is 6.77. The van der Waals surface area contributed by atoms with E-state index in [2.05, 4.69) is 34.0 Å². The molecule has 6 heteroatoms. The monoisotopic (exact) mass is 402 g/mol. The van der Waals surface area contributed by atoms with Gasteiger partial charge >= 0.3 is 16.4 Å². The van der Waals surface area contributed by atoms with Crippen LogP contribution in [-0.2, 0) is 23.6 Å². The summed E-state index contributed by atoms with van der Waals surface area (Å²) in [4.78, 5) is 11.4. The Labute approximate surface area is 166 Å². The van der Waals surface area contributed by atoms with Gasteiger partial charge in [-0.15, -0.1) is 6.58 Å². The van der Waals surface area contributed by atoms with Crippen molar-refractivity contribution in [3.63, 3.8) is 0 Å². The largest absolute Gasteiger partial charge is 0.451 e. The van der Waals surface area contributed by atoms with Gasteiger partial charge in [0.15, 0.2) is 0 Å². The van der Waals surface area contributed by atoms with Crippen LogP contribution >= 0.6 is 0 Å². The summed E-state index contributed by atoms with van der Waals surface area (Å²) in [5, 5.41) is 0. The maximum atomic E-state index is 11.4. The van der Waals surface area contributed by atoms with Crippen molar-refractivity contribution in [2.45, 2.75) is 96.8 Å². The number of allylic oxidation sites excluding steroid dienone is 2. The lowest BCUT2D eigenvalue weighted by Gasteiger charge is -2.04. The molecule has 0 aromatic heterocycles.